The molecule has 1 fully saturated rings. The van der Waals surface area contributed by atoms with Crippen molar-refractivity contribution in [3.8, 4) is 0 Å². The first kappa shape index (κ1) is 20.9. The molecule has 2 atom stereocenters. The molecule has 0 aliphatic heterocycles. The van der Waals surface area contributed by atoms with Crippen molar-refractivity contribution in [1.82, 2.24) is 4.67 Å². The standard InChI is InChI=1S/C29H34NP/c1-30(31(25-16-7-3-8-17-25)26-18-9-4-10-19-26)29-22-24-15-11-12-20-27(24)28(29)21-23-13-5-2-6-14-23/h3-4,7-12,15-20,23,28-29H,2,5-6,13-14,21-22H2,1H3. The molecule has 0 spiro atoms. The third kappa shape index (κ3) is 4.50. The van der Waals surface area contributed by atoms with Crippen molar-refractivity contribution in [2.75, 3.05) is 7.05 Å². The van der Waals surface area contributed by atoms with Gasteiger partial charge in [-0.3, -0.25) is 4.67 Å². The summed E-state index contributed by atoms with van der Waals surface area (Å²) < 4.78 is 2.76. The number of hydrogen-bond donors (Lipinski definition) is 0. The van der Waals surface area contributed by atoms with Gasteiger partial charge in [0.15, 0.2) is 0 Å². The van der Waals surface area contributed by atoms with E-state index in [0.717, 1.165) is 5.92 Å². The number of fused-ring (bicyclic) bond motifs is 1. The van der Waals surface area contributed by atoms with Crippen LogP contribution in [0.3, 0.4) is 0 Å². The summed E-state index contributed by atoms with van der Waals surface area (Å²) in [4.78, 5) is 0. The van der Waals surface area contributed by atoms with Gasteiger partial charge in [0, 0.05) is 20.0 Å². The zero-order valence-corrected chi connectivity index (χ0v) is 19.6. The van der Waals surface area contributed by atoms with Crippen LogP contribution in [0.4, 0.5) is 0 Å². The zero-order valence-electron chi connectivity index (χ0n) is 18.7. The summed E-state index contributed by atoms with van der Waals surface area (Å²) in [6.45, 7) is 0. The van der Waals surface area contributed by atoms with Gasteiger partial charge in [-0.05, 0) is 47.5 Å². The van der Waals surface area contributed by atoms with E-state index in [9.17, 15) is 0 Å². The van der Waals surface area contributed by atoms with Crippen LogP contribution in [-0.4, -0.2) is 17.8 Å². The second-order valence-corrected chi connectivity index (χ2v) is 11.7. The molecule has 160 valence electrons. The maximum Gasteiger partial charge on any atom is 0.0281 e. The Morgan fingerprint density at radius 1 is 0.742 bits per heavy atom. The van der Waals surface area contributed by atoms with Gasteiger partial charge in [0.25, 0.3) is 0 Å². The maximum absolute atomic E-state index is 2.76. The molecule has 0 amide bonds. The van der Waals surface area contributed by atoms with E-state index in [1.807, 2.05) is 0 Å². The number of nitrogens with zero attached hydrogens (tertiary/aromatic N) is 1. The Balaban J connectivity index is 1.49. The van der Waals surface area contributed by atoms with E-state index in [2.05, 4.69) is 96.6 Å². The van der Waals surface area contributed by atoms with E-state index in [0.29, 0.717) is 12.0 Å². The third-order valence-electron chi connectivity index (χ3n) is 7.46. The minimum atomic E-state index is -0.542. The Labute approximate surface area is 189 Å². The lowest BCUT2D eigenvalue weighted by Gasteiger charge is -2.38. The molecule has 0 aromatic heterocycles. The van der Waals surface area contributed by atoms with Crippen LogP contribution in [0, 0.1) is 5.92 Å². The van der Waals surface area contributed by atoms with Crippen LogP contribution in [0.1, 0.15) is 55.6 Å². The molecule has 0 radical (unpaired) electrons. The molecule has 2 aliphatic rings. The highest BCUT2D eigenvalue weighted by Gasteiger charge is 2.39. The first-order valence-electron chi connectivity index (χ1n) is 12.0. The second kappa shape index (κ2) is 9.68. The Morgan fingerprint density at radius 3 is 1.97 bits per heavy atom. The molecule has 0 heterocycles. The quantitative estimate of drug-likeness (QED) is 0.398. The summed E-state index contributed by atoms with van der Waals surface area (Å²) in [5.41, 5.74) is 3.21. The Morgan fingerprint density at radius 2 is 1.32 bits per heavy atom. The van der Waals surface area contributed by atoms with Gasteiger partial charge in [0.2, 0.25) is 0 Å². The van der Waals surface area contributed by atoms with Crippen molar-refractivity contribution in [2.24, 2.45) is 5.92 Å². The van der Waals surface area contributed by atoms with E-state index in [1.165, 1.54) is 55.6 Å². The highest BCUT2D eigenvalue weighted by molar-refractivity contribution is 7.70. The van der Waals surface area contributed by atoms with Crippen molar-refractivity contribution in [2.45, 2.75) is 56.9 Å². The van der Waals surface area contributed by atoms with Crippen LogP contribution in [0.15, 0.2) is 84.9 Å². The molecule has 31 heavy (non-hydrogen) atoms. The molecule has 2 aliphatic carbocycles. The zero-order chi connectivity index (χ0) is 21.0. The van der Waals surface area contributed by atoms with E-state index >= 15 is 0 Å². The fraction of sp³-hybridized carbons (Fsp3) is 0.379. The SMILES string of the molecule is CN(C1Cc2ccccc2C1CC1CCCCC1)P(c1ccccc1)c1ccccc1. The van der Waals surface area contributed by atoms with Crippen LogP contribution in [0.5, 0.6) is 0 Å². The predicted octanol–water partition coefficient (Wildman–Crippen LogP) is 6.65. The summed E-state index contributed by atoms with van der Waals surface area (Å²) in [7, 11) is 1.86. The summed E-state index contributed by atoms with van der Waals surface area (Å²) in [6.07, 6.45) is 9.71. The van der Waals surface area contributed by atoms with E-state index in [1.54, 1.807) is 11.1 Å². The normalized spacial score (nSPS) is 21.5. The van der Waals surface area contributed by atoms with E-state index < -0.39 is 8.07 Å². The largest absolute Gasteiger partial charge is 0.274 e. The molecule has 0 bridgehead atoms. The van der Waals surface area contributed by atoms with Crippen molar-refractivity contribution >= 4 is 18.7 Å². The maximum atomic E-state index is 2.76. The number of rotatable bonds is 6. The Hall–Kier alpha value is -1.95. The monoisotopic (exact) mass is 427 g/mol. The smallest absolute Gasteiger partial charge is 0.0281 e. The lowest BCUT2D eigenvalue weighted by atomic mass is 9.80. The van der Waals surface area contributed by atoms with Crippen LogP contribution in [0.25, 0.3) is 0 Å². The van der Waals surface area contributed by atoms with Gasteiger partial charge in [-0.15, -0.1) is 0 Å². The van der Waals surface area contributed by atoms with Crippen molar-refractivity contribution in [3.63, 3.8) is 0 Å². The molecule has 5 rings (SSSR count). The molecule has 3 aromatic rings. The molecule has 2 heteroatoms. The highest BCUT2D eigenvalue weighted by atomic mass is 31.1. The average molecular weight is 428 g/mol. The number of hydrogen-bond acceptors (Lipinski definition) is 1. The summed E-state index contributed by atoms with van der Waals surface area (Å²) >= 11 is 0. The van der Waals surface area contributed by atoms with Crippen LogP contribution < -0.4 is 10.6 Å². The van der Waals surface area contributed by atoms with Crippen LogP contribution in [-0.2, 0) is 6.42 Å². The summed E-state index contributed by atoms with van der Waals surface area (Å²) in [5, 5.41) is 2.91. The molecule has 3 aromatic carbocycles. The van der Waals surface area contributed by atoms with Gasteiger partial charge < -0.3 is 0 Å². The molecule has 1 saturated carbocycles. The first-order valence-corrected chi connectivity index (χ1v) is 13.3. The second-order valence-electron chi connectivity index (χ2n) is 9.37. The molecular formula is C29H34NP. The van der Waals surface area contributed by atoms with Gasteiger partial charge in [-0.1, -0.05) is 117 Å². The van der Waals surface area contributed by atoms with Gasteiger partial charge >= 0.3 is 0 Å². The summed E-state index contributed by atoms with van der Waals surface area (Å²) in [5.74, 6) is 1.56. The molecule has 0 N–H and O–H groups in total. The van der Waals surface area contributed by atoms with Crippen molar-refractivity contribution in [1.29, 1.82) is 0 Å². The molecule has 1 nitrogen and oxygen atoms in total. The van der Waals surface area contributed by atoms with Crippen LogP contribution in [0.2, 0.25) is 0 Å². The van der Waals surface area contributed by atoms with Crippen molar-refractivity contribution in [3.05, 3.63) is 96.1 Å². The fourth-order valence-corrected chi connectivity index (χ4v) is 8.39. The molecule has 2 unspecified atom stereocenters. The summed E-state index contributed by atoms with van der Waals surface area (Å²) in [6, 6.07) is 32.2. The Kier molecular flexibility index (Phi) is 6.53. The van der Waals surface area contributed by atoms with Crippen molar-refractivity contribution < 1.29 is 0 Å². The van der Waals surface area contributed by atoms with E-state index in [-0.39, 0.29) is 0 Å². The first-order chi connectivity index (χ1) is 15.3. The van der Waals surface area contributed by atoms with Gasteiger partial charge in [0.05, 0.1) is 0 Å². The Bertz CT molecular complexity index is 925. The average Bonchev–Trinajstić information content (AvgIpc) is 3.20. The van der Waals surface area contributed by atoms with Crippen LogP contribution >= 0.6 is 8.07 Å². The predicted molar refractivity (Wildman–Crippen MR) is 135 cm³/mol. The lowest BCUT2D eigenvalue weighted by molar-refractivity contribution is 0.269. The van der Waals surface area contributed by atoms with Gasteiger partial charge in [-0.2, -0.15) is 0 Å². The highest BCUT2D eigenvalue weighted by Crippen LogP contribution is 2.49. The van der Waals surface area contributed by atoms with Gasteiger partial charge in [-0.25, -0.2) is 0 Å². The number of likely N-dealkylation sites (N-methyl/N-ethyl adjacent to an activating group) is 1. The third-order valence-corrected chi connectivity index (χ3v) is 9.96. The fourth-order valence-electron chi connectivity index (χ4n) is 5.92. The molecule has 0 saturated heterocycles. The molecular weight excluding hydrogens is 393 g/mol. The lowest BCUT2D eigenvalue weighted by Crippen LogP contribution is -2.37. The van der Waals surface area contributed by atoms with E-state index in [4.69, 9.17) is 0 Å². The number of benzene rings is 3. The van der Waals surface area contributed by atoms with Gasteiger partial charge in [0.1, 0.15) is 0 Å². The topological polar surface area (TPSA) is 3.24 Å². The minimum Gasteiger partial charge on any atom is -0.274 e. The minimum absolute atomic E-state index is 0.542.